The van der Waals surface area contributed by atoms with E-state index in [2.05, 4.69) is 4.98 Å². The molecule has 1 aromatic rings. The highest BCUT2D eigenvalue weighted by Crippen LogP contribution is 2.45. The summed E-state index contributed by atoms with van der Waals surface area (Å²) in [6, 6.07) is 2.98. The first-order valence-electron chi connectivity index (χ1n) is 7.16. The highest BCUT2D eigenvalue weighted by atomic mass is 19.3. The first kappa shape index (κ1) is 14.9. The highest BCUT2D eigenvalue weighted by molar-refractivity contribution is 5.95. The van der Waals surface area contributed by atoms with Crippen molar-refractivity contribution in [3.05, 3.63) is 30.1 Å². The number of rotatable bonds is 1. The van der Waals surface area contributed by atoms with Crippen LogP contribution in [0.1, 0.15) is 23.2 Å². The van der Waals surface area contributed by atoms with Crippen LogP contribution in [0.2, 0.25) is 0 Å². The van der Waals surface area contributed by atoms with Gasteiger partial charge in [0.2, 0.25) is 5.91 Å². The third-order valence-electron chi connectivity index (χ3n) is 4.45. The number of piperidine rings is 1. The Kier molecular flexibility index (Phi) is 3.38. The number of hydrogen-bond donors (Lipinski definition) is 0. The highest BCUT2D eigenvalue weighted by Gasteiger charge is 2.57. The number of aromatic nitrogens is 1. The van der Waals surface area contributed by atoms with Gasteiger partial charge in [0.05, 0.1) is 12.0 Å². The molecule has 2 saturated heterocycles. The Morgan fingerprint density at radius 2 is 1.95 bits per heavy atom. The quantitative estimate of drug-likeness (QED) is 0.788. The summed E-state index contributed by atoms with van der Waals surface area (Å²) in [5.41, 5.74) is -0.846. The number of halogens is 2. The normalized spacial score (nSPS) is 27.5. The van der Waals surface area contributed by atoms with Crippen LogP contribution in [0, 0.1) is 5.41 Å². The Morgan fingerprint density at radius 1 is 1.27 bits per heavy atom. The van der Waals surface area contributed by atoms with Crippen molar-refractivity contribution in [2.75, 3.05) is 26.7 Å². The van der Waals surface area contributed by atoms with Gasteiger partial charge in [-0.1, -0.05) is 0 Å². The lowest BCUT2D eigenvalue weighted by Gasteiger charge is -2.42. The lowest BCUT2D eigenvalue weighted by atomic mass is 9.76. The average Bonchev–Trinajstić information content (AvgIpc) is 2.74. The molecule has 2 fully saturated rings. The zero-order valence-electron chi connectivity index (χ0n) is 12.3. The van der Waals surface area contributed by atoms with Gasteiger partial charge in [-0.2, -0.15) is 0 Å². The fraction of sp³-hybridized carbons (Fsp3) is 0.533. The molecule has 5 nitrogen and oxygen atoms in total. The third-order valence-corrected chi connectivity index (χ3v) is 4.45. The van der Waals surface area contributed by atoms with Crippen LogP contribution < -0.4 is 0 Å². The predicted octanol–water partition coefficient (Wildman–Crippen LogP) is 1.41. The Morgan fingerprint density at radius 3 is 2.55 bits per heavy atom. The van der Waals surface area contributed by atoms with Gasteiger partial charge >= 0.3 is 0 Å². The SMILES string of the molecule is CN1CC[C@@]2(CN(C(=O)c3ccncc3)CC(F)(F)C2)C1=O. The number of amides is 2. The number of carbonyl (C=O) groups is 2. The number of likely N-dealkylation sites (tertiary alicyclic amines) is 2. The maximum absolute atomic E-state index is 14.2. The molecule has 0 bridgehead atoms. The average molecular weight is 309 g/mol. The van der Waals surface area contributed by atoms with Gasteiger partial charge in [0.1, 0.15) is 0 Å². The number of alkyl halides is 2. The largest absolute Gasteiger partial charge is 0.345 e. The van der Waals surface area contributed by atoms with Gasteiger partial charge in [-0.3, -0.25) is 14.6 Å². The molecule has 0 saturated carbocycles. The second-order valence-electron chi connectivity index (χ2n) is 6.19. The molecule has 3 heterocycles. The molecule has 0 radical (unpaired) electrons. The van der Waals surface area contributed by atoms with Gasteiger partial charge < -0.3 is 9.80 Å². The Bertz CT molecular complexity index is 608. The molecular weight excluding hydrogens is 292 g/mol. The summed E-state index contributed by atoms with van der Waals surface area (Å²) >= 11 is 0. The van der Waals surface area contributed by atoms with Crippen LogP contribution in [-0.2, 0) is 4.79 Å². The van der Waals surface area contributed by atoms with E-state index in [1.807, 2.05) is 0 Å². The summed E-state index contributed by atoms with van der Waals surface area (Å²) in [6.07, 6.45) is 2.76. The van der Waals surface area contributed by atoms with Crippen molar-refractivity contribution in [3.63, 3.8) is 0 Å². The molecule has 1 atom stereocenters. The van der Waals surface area contributed by atoms with Crippen LogP contribution in [0.3, 0.4) is 0 Å². The minimum atomic E-state index is -3.05. The van der Waals surface area contributed by atoms with Gasteiger partial charge in [-0.25, -0.2) is 8.78 Å². The lowest BCUT2D eigenvalue weighted by molar-refractivity contribution is -0.150. The summed E-state index contributed by atoms with van der Waals surface area (Å²) < 4.78 is 28.3. The molecule has 118 valence electrons. The number of carbonyl (C=O) groups excluding carboxylic acids is 2. The molecular formula is C15H17F2N3O2. The summed E-state index contributed by atoms with van der Waals surface area (Å²) in [7, 11) is 1.61. The zero-order chi connectivity index (χ0) is 16.0. The smallest absolute Gasteiger partial charge is 0.266 e. The van der Waals surface area contributed by atoms with E-state index >= 15 is 0 Å². The molecule has 7 heteroatoms. The van der Waals surface area contributed by atoms with E-state index in [9.17, 15) is 18.4 Å². The van der Waals surface area contributed by atoms with Crippen LogP contribution in [-0.4, -0.2) is 59.2 Å². The predicted molar refractivity (Wildman–Crippen MR) is 74.4 cm³/mol. The minimum absolute atomic E-state index is 0.0485. The van der Waals surface area contributed by atoms with Crippen molar-refractivity contribution in [1.82, 2.24) is 14.8 Å². The molecule has 3 rings (SSSR count). The molecule has 0 unspecified atom stereocenters. The van der Waals surface area contributed by atoms with Gasteiger partial charge in [0.25, 0.3) is 11.8 Å². The van der Waals surface area contributed by atoms with E-state index in [0.29, 0.717) is 18.5 Å². The van der Waals surface area contributed by atoms with E-state index in [1.54, 1.807) is 7.05 Å². The fourth-order valence-corrected chi connectivity index (χ4v) is 3.43. The molecule has 0 aliphatic carbocycles. The van der Waals surface area contributed by atoms with Crippen LogP contribution in [0.15, 0.2) is 24.5 Å². The van der Waals surface area contributed by atoms with Crippen LogP contribution in [0.4, 0.5) is 8.78 Å². The van der Waals surface area contributed by atoms with Crippen molar-refractivity contribution in [3.8, 4) is 0 Å². The second-order valence-corrected chi connectivity index (χ2v) is 6.19. The molecule has 1 spiro atoms. The molecule has 1 aromatic heterocycles. The monoisotopic (exact) mass is 309 g/mol. The van der Waals surface area contributed by atoms with E-state index in [1.165, 1.54) is 29.4 Å². The van der Waals surface area contributed by atoms with Crippen LogP contribution in [0.5, 0.6) is 0 Å². The summed E-state index contributed by atoms with van der Waals surface area (Å²) in [5, 5.41) is 0. The summed E-state index contributed by atoms with van der Waals surface area (Å²) in [6.45, 7) is -0.147. The van der Waals surface area contributed by atoms with Gasteiger partial charge in [0.15, 0.2) is 0 Å². The minimum Gasteiger partial charge on any atom is -0.345 e. The van der Waals surface area contributed by atoms with Gasteiger partial charge in [0, 0.05) is 44.5 Å². The first-order chi connectivity index (χ1) is 10.3. The van der Waals surface area contributed by atoms with E-state index < -0.39 is 30.2 Å². The molecule has 2 amide bonds. The van der Waals surface area contributed by atoms with Crippen molar-refractivity contribution < 1.29 is 18.4 Å². The number of nitrogens with zero attached hydrogens (tertiary/aromatic N) is 3. The van der Waals surface area contributed by atoms with Crippen molar-refractivity contribution >= 4 is 11.8 Å². The molecule has 0 aromatic carbocycles. The molecule has 0 N–H and O–H groups in total. The van der Waals surface area contributed by atoms with Crippen LogP contribution >= 0.6 is 0 Å². The van der Waals surface area contributed by atoms with Gasteiger partial charge in [-0.05, 0) is 18.6 Å². The number of hydrogen-bond acceptors (Lipinski definition) is 3. The van der Waals surface area contributed by atoms with Crippen molar-refractivity contribution in [2.24, 2.45) is 5.41 Å². The Labute approximate surface area is 126 Å². The second kappa shape index (κ2) is 5.00. The maximum Gasteiger partial charge on any atom is 0.266 e. The number of pyridine rings is 1. The summed E-state index contributed by atoms with van der Waals surface area (Å²) in [4.78, 5) is 31.2. The summed E-state index contributed by atoms with van der Waals surface area (Å²) in [5.74, 6) is -3.83. The molecule has 2 aliphatic rings. The standard InChI is InChI=1S/C15H17F2N3O2/c1-19-7-4-14(13(19)22)8-15(16,17)10-20(9-14)12(21)11-2-5-18-6-3-11/h2-3,5-6H,4,7-10H2,1H3/t14-/m1/s1. The molecule has 2 aliphatic heterocycles. The Hall–Kier alpha value is -2.05. The third kappa shape index (κ3) is 2.44. The zero-order valence-corrected chi connectivity index (χ0v) is 12.3. The topological polar surface area (TPSA) is 53.5 Å². The first-order valence-corrected chi connectivity index (χ1v) is 7.16. The fourth-order valence-electron chi connectivity index (χ4n) is 3.43. The van der Waals surface area contributed by atoms with Crippen molar-refractivity contribution in [2.45, 2.75) is 18.8 Å². The van der Waals surface area contributed by atoms with E-state index in [4.69, 9.17) is 0 Å². The van der Waals surface area contributed by atoms with E-state index in [0.717, 1.165) is 4.90 Å². The molecule has 22 heavy (non-hydrogen) atoms. The Balaban J connectivity index is 1.90. The lowest BCUT2D eigenvalue weighted by Crippen LogP contribution is -2.56. The van der Waals surface area contributed by atoms with E-state index in [-0.39, 0.29) is 12.5 Å². The van der Waals surface area contributed by atoms with Gasteiger partial charge in [-0.15, -0.1) is 0 Å². The van der Waals surface area contributed by atoms with Crippen molar-refractivity contribution in [1.29, 1.82) is 0 Å². The maximum atomic E-state index is 14.2. The van der Waals surface area contributed by atoms with Crippen LogP contribution in [0.25, 0.3) is 0 Å².